The summed E-state index contributed by atoms with van der Waals surface area (Å²) in [7, 11) is 0. The van der Waals surface area contributed by atoms with Crippen LogP contribution in [-0.2, 0) is 6.42 Å². The van der Waals surface area contributed by atoms with Gasteiger partial charge in [0.15, 0.2) is 0 Å². The summed E-state index contributed by atoms with van der Waals surface area (Å²) in [6, 6.07) is 7.70. The lowest BCUT2D eigenvalue weighted by atomic mass is 10.00. The maximum Gasteiger partial charge on any atom is 0.0399 e. The van der Waals surface area contributed by atoms with Crippen molar-refractivity contribution in [2.45, 2.75) is 45.1 Å². The summed E-state index contributed by atoms with van der Waals surface area (Å²) in [5.41, 5.74) is 4.44. The molecule has 1 unspecified atom stereocenters. The first kappa shape index (κ1) is 12.0. The fourth-order valence-electron chi connectivity index (χ4n) is 3.34. The van der Waals surface area contributed by atoms with Crippen LogP contribution in [0.1, 0.15) is 36.8 Å². The molecule has 2 nitrogen and oxygen atoms in total. The molecule has 0 aliphatic carbocycles. The Kier molecular flexibility index (Phi) is 3.55. The Morgan fingerprint density at radius 3 is 2.78 bits per heavy atom. The first-order valence-electron chi connectivity index (χ1n) is 7.41. The van der Waals surface area contributed by atoms with E-state index in [9.17, 15) is 0 Å². The number of hydrogen-bond acceptors (Lipinski definition) is 2. The minimum atomic E-state index is 0.702. The molecular formula is C16H24N2. The molecule has 98 valence electrons. The van der Waals surface area contributed by atoms with Crippen molar-refractivity contribution in [1.29, 1.82) is 0 Å². The van der Waals surface area contributed by atoms with Gasteiger partial charge in [-0.05, 0) is 57.2 Å². The number of anilines is 1. The quantitative estimate of drug-likeness (QED) is 0.879. The van der Waals surface area contributed by atoms with Crippen LogP contribution in [0, 0.1) is 6.92 Å². The number of nitrogens with zero attached hydrogens (tertiary/aromatic N) is 1. The first-order valence-corrected chi connectivity index (χ1v) is 7.41. The van der Waals surface area contributed by atoms with Crippen molar-refractivity contribution in [3.63, 3.8) is 0 Å². The third-order valence-electron chi connectivity index (χ3n) is 4.31. The van der Waals surface area contributed by atoms with E-state index in [0.717, 1.165) is 0 Å². The Bertz CT molecular complexity index is 402. The molecule has 1 aromatic carbocycles. The van der Waals surface area contributed by atoms with Gasteiger partial charge in [-0.1, -0.05) is 17.7 Å². The van der Waals surface area contributed by atoms with Crippen LogP contribution in [0.5, 0.6) is 0 Å². The Labute approximate surface area is 110 Å². The molecule has 2 aliphatic rings. The van der Waals surface area contributed by atoms with Gasteiger partial charge in [0.1, 0.15) is 0 Å². The molecule has 2 aliphatic heterocycles. The van der Waals surface area contributed by atoms with Crippen LogP contribution in [0.3, 0.4) is 0 Å². The highest BCUT2D eigenvalue weighted by atomic mass is 15.1. The summed E-state index contributed by atoms with van der Waals surface area (Å²) >= 11 is 0. The predicted molar refractivity (Wildman–Crippen MR) is 77.4 cm³/mol. The molecule has 3 rings (SSSR count). The second kappa shape index (κ2) is 5.31. The predicted octanol–water partition coefficient (Wildman–Crippen LogP) is 2.89. The Morgan fingerprint density at radius 1 is 1.22 bits per heavy atom. The van der Waals surface area contributed by atoms with Crippen molar-refractivity contribution in [2.75, 3.05) is 24.5 Å². The van der Waals surface area contributed by atoms with Crippen molar-refractivity contribution in [1.82, 2.24) is 5.32 Å². The smallest absolute Gasteiger partial charge is 0.0399 e. The van der Waals surface area contributed by atoms with Crippen LogP contribution >= 0.6 is 0 Å². The molecule has 0 aromatic heterocycles. The van der Waals surface area contributed by atoms with Gasteiger partial charge in [-0.15, -0.1) is 0 Å². The topological polar surface area (TPSA) is 15.3 Å². The van der Waals surface area contributed by atoms with E-state index in [4.69, 9.17) is 0 Å². The molecule has 0 amide bonds. The Morgan fingerprint density at radius 2 is 2.06 bits per heavy atom. The maximum atomic E-state index is 3.62. The largest absolute Gasteiger partial charge is 0.371 e. The zero-order valence-corrected chi connectivity index (χ0v) is 11.4. The fourth-order valence-corrected chi connectivity index (χ4v) is 3.34. The van der Waals surface area contributed by atoms with Crippen molar-refractivity contribution in [3.05, 3.63) is 29.3 Å². The minimum absolute atomic E-state index is 0.702. The molecule has 1 aromatic rings. The van der Waals surface area contributed by atoms with Crippen molar-refractivity contribution in [2.24, 2.45) is 0 Å². The molecule has 2 fully saturated rings. The molecule has 1 atom stereocenters. The highest BCUT2D eigenvalue weighted by molar-refractivity contribution is 5.56. The highest BCUT2D eigenvalue weighted by Crippen LogP contribution is 2.27. The van der Waals surface area contributed by atoms with Crippen LogP contribution in [0.4, 0.5) is 5.69 Å². The van der Waals surface area contributed by atoms with Gasteiger partial charge in [0.05, 0.1) is 0 Å². The first-order chi connectivity index (χ1) is 8.83. The van der Waals surface area contributed by atoms with E-state index in [-0.39, 0.29) is 0 Å². The van der Waals surface area contributed by atoms with Gasteiger partial charge in [0.2, 0.25) is 0 Å². The van der Waals surface area contributed by atoms with E-state index in [1.54, 1.807) is 5.56 Å². The minimum Gasteiger partial charge on any atom is -0.371 e. The Balaban J connectivity index is 1.82. The monoisotopic (exact) mass is 244 g/mol. The van der Waals surface area contributed by atoms with Gasteiger partial charge in [0, 0.05) is 24.8 Å². The summed E-state index contributed by atoms with van der Waals surface area (Å²) in [6.07, 6.45) is 6.60. The second-order valence-corrected chi connectivity index (χ2v) is 5.82. The third-order valence-corrected chi connectivity index (χ3v) is 4.31. The van der Waals surface area contributed by atoms with E-state index in [1.165, 1.54) is 63.0 Å². The van der Waals surface area contributed by atoms with Gasteiger partial charge in [-0.3, -0.25) is 0 Å². The van der Waals surface area contributed by atoms with E-state index in [1.807, 2.05) is 0 Å². The SMILES string of the molecule is Cc1ccc(N2CCCC2)c(CC2CCCN2)c1. The average Bonchev–Trinajstić information content (AvgIpc) is 3.01. The molecular weight excluding hydrogens is 220 g/mol. The summed E-state index contributed by atoms with van der Waals surface area (Å²) in [5.74, 6) is 0. The zero-order chi connectivity index (χ0) is 12.4. The number of benzene rings is 1. The van der Waals surface area contributed by atoms with Gasteiger partial charge >= 0.3 is 0 Å². The third kappa shape index (κ3) is 2.54. The Hall–Kier alpha value is -1.02. The van der Waals surface area contributed by atoms with Crippen LogP contribution < -0.4 is 10.2 Å². The van der Waals surface area contributed by atoms with Crippen molar-refractivity contribution < 1.29 is 0 Å². The number of hydrogen-bond donors (Lipinski definition) is 1. The van der Waals surface area contributed by atoms with Crippen LogP contribution in [0.2, 0.25) is 0 Å². The molecule has 0 radical (unpaired) electrons. The summed E-state index contributed by atoms with van der Waals surface area (Å²) in [5, 5.41) is 3.62. The van der Waals surface area contributed by atoms with Gasteiger partial charge in [-0.25, -0.2) is 0 Å². The van der Waals surface area contributed by atoms with E-state index < -0.39 is 0 Å². The molecule has 1 N–H and O–H groups in total. The second-order valence-electron chi connectivity index (χ2n) is 5.82. The van der Waals surface area contributed by atoms with Crippen LogP contribution in [-0.4, -0.2) is 25.7 Å². The van der Waals surface area contributed by atoms with Crippen molar-refractivity contribution >= 4 is 5.69 Å². The van der Waals surface area contributed by atoms with Gasteiger partial charge < -0.3 is 10.2 Å². The maximum absolute atomic E-state index is 3.62. The molecule has 0 spiro atoms. The van der Waals surface area contributed by atoms with Crippen LogP contribution in [0.15, 0.2) is 18.2 Å². The van der Waals surface area contributed by atoms with Crippen molar-refractivity contribution in [3.8, 4) is 0 Å². The highest BCUT2D eigenvalue weighted by Gasteiger charge is 2.20. The fraction of sp³-hybridized carbons (Fsp3) is 0.625. The summed E-state index contributed by atoms with van der Waals surface area (Å²) in [6.45, 7) is 5.90. The molecule has 2 heterocycles. The molecule has 0 bridgehead atoms. The molecule has 0 saturated carbocycles. The summed E-state index contributed by atoms with van der Waals surface area (Å²) in [4.78, 5) is 2.57. The average molecular weight is 244 g/mol. The summed E-state index contributed by atoms with van der Waals surface area (Å²) < 4.78 is 0. The van der Waals surface area contributed by atoms with Gasteiger partial charge in [-0.2, -0.15) is 0 Å². The normalized spacial score (nSPS) is 23.8. The number of aryl methyl sites for hydroxylation is 1. The number of nitrogens with one attached hydrogen (secondary N) is 1. The van der Waals surface area contributed by atoms with Crippen LogP contribution in [0.25, 0.3) is 0 Å². The van der Waals surface area contributed by atoms with E-state index in [0.29, 0.717) is 6.04 Å². The number of rotatable bonds is 3. The molecule has 18 heavy (non-hydrogen) atoms. The lowest BCUT2D eigenvalue weighted by molar-refractivity contribution is 0.602. The molecule has 2 heteroatoms. The zero-order valence-electron chi connectivity index (χ0n) is 11.4. The lowest BCUT2D eigenvalue weighted by Crippen LogP contribution is -2.26. The lowest BCUT2D eigenvalue weighted by Gasteiger charge is -2.23. The van der Waals surface area contributed by atoms with Gasteiger partial charge in [0.25, 0.3) is 0 Å². The molecule has 2 saturated heterocycles. The standard InChI is InChI=1S/C16H24N2/c1-13-6-7-16(18-9-2-3-10-18)14(11-13)12-15-5-4-8-17-15/h6-7,11,15,17H,2-5,8-10,12H2,1H3. The van der Waals surface area contributed by atoms with E-state index in [2.05, 4.69) is 35.3 Å². The van der Waals surface area contributed by atoms with E-state index >= 15 is 0 Å².